The molecule has 0 saturated carbocycles. The summed E-state index contributed by atoms with van der Waals surface area (Å²) in [5.41, 5.74) is 0.426. The summed E-state index contributed by atoms with van der Waals surface area (Å²) in [7, 11) is 0. The van der Waals surface area contributed by atoms with Crippen molar-refractivity contribution in [3.05, 3.63) is 33.8 Å². The molecule has 142 valence electrons. The molecule has 0 aromatic heterocycles. The van der Waals surface area contributed by atoms with E-state index in [1.165, 1.54) is 12.8 Å². The summed E-state index contributed by atoms with van der Waals surface area (Å²) in [5, 5.41) is 7.25. The Hall–Kier alpha value is -1.30. The van der Waals surface area contributed by atoms with Crippen LogP contribution in [0, 0.1) is 5.92 Å². The lowest BCUT2D eigenvalue weighted by Gasteiger charge is -2.25. The van der Waals surface area contributed by atoms with Crippen molar-refractivity contribution in [1.82, 2.24) is 15.5 Å². The van der Waals surface area contributed by atoms with Gasteiger partial charge in [-0.15, -0.1) is 0 Å². The van der Waals surface area contributed by atoms with Crippen molar-refractivity contribution in [3.8, 4) is 0 Å². The first kappa shape index (κ1) is 19.5. The van der Waals surface area contributed by atoms with E-state index < -0.39 is 6.04 Å². The van der Waals surface area contributed by atoms with E-state index >= 15 is 0 Å². The molecule has 1 aromatic rings. The molecule has 2 heterocycles. The van der Waals surface area contributed by atoms with Gasteiger partial charge < -0.3 is 15.5 Å². The van der Waals surface area contributed by atoms with E-state index in [1.807, 2.05) is 0 Å². The van der Waals surface area contributed by atoms with E-state index in [1.54, 1.807) is 23.1 Å². The number of nitrogens with one attached hydrogen (secondary N) is 2. The maximum atomic E-state index is 12.8. The molecule has 0 aliphatic carbocycles. The number of rotatable bonds is 5. The Morgan fingerprint density at radius 1 is 1.15 bits per heavy atom. The SMILES string of the molecule is O=C(NCCC1CCCNC1)C1CCCN1C(=O)c1cc(Cl)cc(Cl)c1. The fourth-order valence-electron chi connectivity index (χ4n) is 3.81. The number of nitrogens with zero attached hydrogens (tertiary/aromatic N) is 1. The standard InChI is InChI=1S/C19H25Cl2N3O2/c20-15-9-14(10-16(21)11-15)19(26)24-8-2-4-17(24)18(25)23-7-5-13-3-1-6-22-12-13/h9-11,13,17,22H,1-8,12H2,(H,23,25). The van der Waals surface area contributed by atoms with Gasteiger partial charge in [-0.1, -0.05) is 23.2 Å². The van der Waals surface area contributed by atoms with Crippen LogP contribution >= 0.6 is 23.2 Å². The second-order valence-electron chi connectivity index (χ2n) is 7.11. The molecule has 2 saturated heterocycles. The topological polar surface area (TPSA) is 61.4 Å². The molecule has 0 radical (unpaired) electrons. The minimum Gasteiger partial charge on any atom is -0.354 e. The van der Waals surface area contributed by atoms with Gasteiger partial charge in [-0.2, -0.15) is 0 Å². The Labute approximate surface area is 164 Å². The zero-order valence-electron chi connectivity index (χ0n) is 14.8. The number of carbonyl (C=O) groups excluding carboxylic acids is 2. The molecule has 7 heteroatoms. The van der Waals surface area contributed by atoms with Crippen LogP contribution in [0.3, 0.4) is 0 Å². The number of likely N-dealkylation sites (tertiary alicyclic amines) is 1. The molecular weight excluding hydrogens is 373 g/mol. The molecule has 0 bridgehead atoms. The van der Waals surface area contributed by atoms with E-state index in [9.17, 15) is 9.59 Å². The fraction of sp³-hybridized carbons (Fsp3) is 0.579. The van der Waals surface area contributed by atoms with Crippen LogP contribution in [-0.4, -0.2) is 48.9 Å². The molecule has 0 spiro atoms. The van der Waals surface area contributed by atoms with Crippen molar-refractivity contribution in [2.45, 2.75) is 38.1 Å². The Balaban J connectivity index is 1.56. The molecule has 2 N–H and O–H groups in total. The number of benzene rings is 1. The maximum Gasteiger partial charge on any atom is 0.254 e. The van der Waals surface area contributed by atoms with Crippen LogP contribution in [0.5, 0.6) is 0 Å². The van der Waals surface area contributed by atoms with Gasteiger partial charge >= 0.3 is 0 Å². The Morgan fingerprint density at radius 2 is 1.92 bits per heavy atom. The monoisotopic (exact) mass is 397 g/mol. The molecule has 2 aliphatic heterocycles. The minimum absolute atomic E-state index is 0.0623. The summed E-state index contributed by atoms with van der Waals surface area (Å²) in [4.78, 5) is 27.0. The van der Waals surface area contributed by atoms with Crippen LogP contribution in [0.4, 0.5) is 0 Å². The number of hydrogen-bond acceptors (Lipinski definition) is 3. The second kappa shape index (κ2) is 9.07. The van der Waals surface area contributed by atoms with Crippen LogP contribution in [-0.2, 0) is 4.79 Å². The summed E-state index contributed by atoms with van der Waals surface area (Å²) in [5.74, 6) is 0.371. The first-order chi connectivity index (χ1) is 12.5. The summed E-state index contributed by atoms with van der Waals surface area (Å²) in [6.07, 6.45) is 4.91. The van der Waals surface area contributed by atoms with E-state index in [4.69, 9.17) is 23.2 Å². The molecule has 2 fully saturated rings. The second-order valence-corrected chi connectivity index (χ2v) is 7.98. The predicted molar refractivity (Wildman–Crippen MR) is 104 cm³/mol. The van der Waals surface area contributed by atoms with Crippen molar-refractivity contribution < 1.29 is 9.59 Å². The number of hydrogen-bond donors (Lipinski definition) is 2. The highest BCUT2D eigenvalue weighted by molar-refractivity contribution is 6.35. The lowest BCUT2D eigenvalue weighted by molar-refractivity contribution is -0.124. The van der Waals surface area contributed by atoms with E-state index in [-0.39, 0.29) is 11.8 Å². The van der Waals surface area contributed by atoms with Crippen molar-refractivity contribution in [2.24, 2.45) is 5.92 Å². The predicted octanol–water partition coefficient (Wildman–Crippen LogP) is 3.10. The Morgan fingerprint density at radius 3 is 2.62 bits per heavy atom. The molecule has 1 aromatic carbocycles. The molecule has 2 unspecified atom stereocenters. The molecule has 3 rings (SSSR count). The average molecular weight is 398 g/mol. The van der Waals surface area contributed by atoms with Gasteiger partial charge in [0.25, 0.3) is 5.91 Å². The van der Waals surface area contributed by atoms with Gasteiger partial charge in [0.05, 0.1) is 0 Å². The van der Waals surface area contributed by atoms with Gasteiger partial charge in [0.2, 0.25) is 5.91 Å². The molecule has 26 heavy (non-hydrogen) atoms. The van der Waals surface area contributed by atoms with Gasteiger partial charge in [-0.05, 0) is 69.3 Å². The number of piperidine rings is 1. The first-order valence-corrected chi connectivity index (χ1v) is 10.1. The van der Waals surface area contributed by atoms with Gasteiger partial charge in [0.15, 0.2) is 0 Å². The van der Waals surface area contributed by atoms with E-state index in [0.29, 0.717) is 41.0 Å². The Kier molecular flexibility index (Phi) is 6.79. The molecule has 2 aliphatic rings. The van der Waals surface area contributed by atoms with Gasteiger partial charge in [0.1, 0.15) is 6.04 Å². The number of halogens is 2. The highest BCUT2D eigenvalue weighted by atomic mass is 35.5. The van der Waals surface area contributed by atoms with Crippen molar-refractivity contribution in [1.29, 1.82) is 0 Å². The summed E-state index contributed by atoms with van der Waals surface area (Å²) in [6, 6.07) is 4.37. The third-order valence-electron chi connectivity index (χ3n) is 5.18. The Bertz CT molecular complexity index is 642. The number of amides is 2. The first-order valence-electron chi connectivity index (χ1n) is 9.30. The molecule has 2 atom stereocenters. The lowest BCUT2D eigenvalue weighted by Crippen LogP contribution is -2.46. The zero-order chi connectivity index (χ0) is 18.5. The average Bonchev–Trinajstić information content (AvgIpc) is 3.11. The minimum atomic E-state index is -0.412. The fourth-order valence-corrected chi connectivity index (χ4v) is 4.34. The number of carbonyl (C=O) groups is 2. The molecule has 2 amide bonds. The highest BCUT2D eigenvalue weighted by Crippen LogP contribution is 2.24. The smallest absolute Gasteiger partial charge is 0.254 e. The van der Waals surface area contributed by atoms with Crippen molar-refractivity contribution in [2.75, 3.05) is 26.2 Å². The highest BCUT2D eigenvalue weighted by Gasteiger charge is 2.34. The van der Waals surface area contributed by atoms with Crippen LogP contribution in [0.15, 0.2) is 18.2 Å². The van der Waals surface area contributed by atoms with Gasteiger partial charge in [0, 0.05) is 28.7 Å². The molecule has 5 nitrogen and oxygen atoms in total. The maximum absolute atomic E-state index is 12.8. The lowest BCUT2D eigenvalue weighted by atomic mass is 9.96. The van der Waals surface area contributed by atoms with Crippen LogP contribution in [0.25, 0.3) is 0 Å². The zero-order valence-corrected chi connectivity index (χ0v) is 16.3. The largest absolute Gasteiger partial charge is 0.354 e. The van der Waals surface area contributed by atoms with Gasteiger partial charge in [-0.3, -0.25) is 9.59 Å². The van der Waals surface area contributed by atoms with Crippen LogP contribution < -0.4 is 10.6 Å². The summed E-state index contributed by atoms with van der Waals surface area (Å²) >= 11 is 12.0. The van der Waals surface area contributed by atoms with Crippen molar-refractivity contribution in [3.63, 3.8) is 0 Å². The van der Waals surface area contributed by atoms with Gasteiger partial charge in [-0.25, -0.2) is 0 Å². The summed E-state index contributed by atoms with van der Waals surface area (Å²) < 4.78 is 0. The normalized spacial score (nSPS) is 23.1. The third-order valence-corrected chi connectivity index (χ3v) is 5.61. The van der Waals surface area contributed by atoms with Crippen LogP contribution in [0.1, 0.15) is 42.5 Å². The quantitative estimate of drug-likeness (QED) is 0.802. The van der Waals surface area contributed by atoms with Crippen molar-refractivity contribution >= 4 is 35.0 Å². The summed E-state index contributed by atoms with van der Waals surface area (Å²) in [6.45, 7) is 3.36. The van der Waals surface area contributed by atoms with E-state index in [2.05, 4.69) is 10.6 Å². The van der Waals surface area contributed by atoms with Crippen LogP contribution in [0.2, 0.25) is 10.0 Å². The third kappa shape index (κ3) is 4.90. The van der Waals surface area contributed by atoms with E-state index in [0.717, 1.165) is 25.9 Å². The molecular formula is C19H25Cl2N3O2.